The van der Waals surface area contributed by atoms with Gasteiger partial charge >= 0.3 is 6.03 Å². The van der Waals surface area contributed by atoms with Crippen LogP contribution in [0.1, 0.15) is 56.7 Å². The van der Waals surface area contributed by atoms with Crippen molar-refractivity contribution in [3.8, 4) is 11.5 Å². The zero-order chi connectivity index (χ0) is 32.4. The topological polar surface area (TPSA) is 129 Å². The molecule has 0 atom stereocenters. The number of urea groups is 1. The molecule has 3 amide bonds. The molecule has 1 aliphatic heterocycles. The van der Waals surface area contributed by atoms with E-state index in [9.17, 15) is 18.0 Å². The van der Waals surface area contributed by atoms with Crippen LogP contribution in [0.3, 0.4) is 0 Å². The summed E-state index contributed by atoms with van der Waals surface area (Å²) in [6.07, 6.45) is 5.11. The van der Waals surface area contributed by atoms with Crippen LogP contribution >= 0.6 is 0 Å². The predicted octanol–water partition coefficient (Wildman–Crippen LogP) is 4.94. The van der Waals surface area contributed by atoms with Crippen molar-refractivity contribution in [3.05, 3.63) is 52.9 Å². The van der Waals surface area contributed by atoms with Gasteiger partial charge in [0.2, 0.25) is 5.91 Å². The van der Waals surface area contributed by atoms with E-state index in [4.69, 9.17) is 9.47 Å². The van der Waals surface area contributed by atoms with Crippen LogP contribution in [-0.2, 0) is 33.1 Å². The Labute approximate surface area is 266 Å². The van der Waals surface area contributed by atoms with E-state index in [1.807, 2.05) is 37.8 Å². The van der Waals surface area contributed by atoms with E-state index >= 15 is 0 Å². The van der Waals surface area contributed by atoms with Gasteiger partial charge in [-0.05, 0) is 84.4 Å². The van der Waals surface area contributed by atoms with Crippen LogP contribution in [-0.4, -0.2) is 76.6 Å². The molecule has 2 aromatic rings. The molecule has 5 rings (SSSR count). The minimum absolute atomic E-state index is 0.184. The lowest BCUT2D eigenvalue weighted by molar-refractivity contribution is -0.136. The smallest absolute Gasteiger partial charge is 0.323 e. The Morgan fingerprint density at radius 3 is 2.44 bits per heavy atom. The summed E-state index contributed by atoms with van der Waals surface area (Å²) in [5, 5.41) is 6.66. The first kappa shape index (κ1) is 32.6. The number of carbonyl (C=O) groups excluding carboxylic acids is 2. The molecule has 2 aromatic carbocycles. The van der Waals surface area contributed by atoms with E-state index in [0.717, 1.165) is 66.7 Å². The maximum atomic E-state index is 13.3. The van der Waals surface area contributed by atoms with E-state index < -0.39 is 16.1 Å². The third kappa shape index (κ3) is 8.09. The van der Waals surface area contributed by atoms with Crippen LogP contribution in [0, 0.1) is 5.92 Å². The van der Waals surface area contributed by atoms with Crippen LogP contribution in [0.25, 0.3) is 0 Å². The van der Waals surface area contributed by atoms with Gasteiger partial charge in [-0.1, -0.05) is 27.4 Å². The Kier molecular flexibility index (Phi) is 9.64. The molecule has 0 radical (unpaired) electrons. The summed E-state index contributed by atoms with van der Waals surface area (Å²) in [6, 6.07) is 6.74. The first-order valence-electron chi connectivity index (χ1n) is 15.6. The second-order valence-corrected chi connectivity index (χ2v) is 14.7. The summed E-state index contributed by atoms with van der Waals surface area (Å²) in [5.74, 6) is 1.91. The van der Waals surface area contributed by atoms with Gasteiger partial charge in [-0.3, -0.25) is 14.4 Å². The van der Waals surface area contributed by atoms with Crippen molar-refractivity contribution in [2.75, 3.05) is 61.8 Å². The Hall–Kier alpha value is -3.77. The van der Waals surface area contributed by atoms with Crippen LogP contribution in [0.2, 0.25) is 0 Å². The van der Waals surface area contributed by atoms with Gasteiger partial charge in [0.15, 0.2) is 5.75 Å². The Morgan fingerprint density at radius 1 is 1.07 bits per heavy atom. The molecule has 1 saturated heterocycles. The molecule has 3 N–H and O–H groups in total. The number of sulfonamides is 1. The van der Waals surface area contributed by atoms with Crippen molar-refractivity contribution in [1.29, 1.82) is 0 Å². The SMILES string of the molecule is C=CS(=O)(=O)Nc1cc(C(C)(C)C)cc(NC(=O)Nc2ccc(OCCN3CCN(CC4CC4)C(=O)C3)c3c2CCC3)c1OC. The van der Waals surface area contributed by atoms with Gasteiger partial charge in [0.05, 0.1) is 25.0 Å². The van der Waals surface area contributed by atoms with Gasteiger partial charge in [-0.25, -0.2) is 13.2 Å². The number of hydrogen-bond donors (Lipinski definition) is 3. The number of hydrogen-bond acceptors (Lipinski definition) is 7. The maximum Gasteiger partial charge on any atom is 0.323 e. The summed E-state index contributed by atoms with van der Waals surface area (Å²) in [6.45, 7) is 13.5. The third-order valence-electron chi connectivity index (χ3n) is 8.61. The van der Waals surface area contributed by atoms with E-state index in [0.29, 0.717) is 37.0 Å². The van der Waals surface area contributed by atoms with Crippen molar-refractivity contribution in [3.63, 3.8) is 0 Å². The second-order valence-electron chi connectivity index (χ2n) is 13.1. The van der Waals surface area contributed by atoms with Gasteiger partial charge in [-0.2, -0.15) is 0 Å². The fourth-order valence-corrected chi connectivity index (χ4v) is 6.43. The standard InChI is InChI=1S/C33H45N5O6S/c1-6-45(41,42)36-28-19-23(33(2,3)4)18-27(31(28)43-5)35-32(40)34-26-12-13-29(25-9-7-8-24(25)26)44-17-16-37-14-15-38(30(39)21-37)20-22-10-11-22/h6,12-13,18-19,22,36H,1,7-11,14-17,20-21H2,2-5H3,(H2,34,35,40). The Morgan fingerprint density at radius 2 is 1.78 bits per heavy atom. The Balaban J connectivity index is 1.24. The van der Waals surface area contributed by atoms with E-state index in [1.54, 1.807) is 12.1 Å². The number of fused-ring (bicyclic) bond motifs is 1. The lowest BCUT2D eigenvalue weighted by Crippen LogP contribution is -2.51. The van der Waals surface area contributed by atoms with Crippen LogP contribution in [0.15, 0.2) is 36.3 Å². The molecule has 3 aliphatic rings. The molecule has 0 bridgehead atoms. The highest BCUT2D eigenvalue weighted by Crippen LogP contribution is 2.40. The monoisotopic (exact) mass is 639 g/mol. The summed E-state index contributed by atoms with van der Waals surface area (Å²) in [7, 11) is -2.40. The number of nitrogens with one attached hydrogen (secondary N) is 3. The molecule has 12 heteroatoms. The van der Waals surface area contributed by atoms with Gasteiger partial charge in [0.1, 0.15) is 12.4 Å². The molecule has 244 valence electrons. The van der Waals surface area contributed by atoms with Crippen molar-refractivity contribution in [2.45, 2.75) is 58.3 Å². The van der Waals surface area contributed by atoms with Crippen molar-refractivity contribution < 1.29 is 27.5 Å². The predicted molar refractivity (Wildman–Crippen MR) is 177 cm³/mol. The van der Waals surface area contributed by atoms with Crippen LogP contribution in [0.4, 0.5) is 21.9 Å². The van der Waals surface area contributed by atoms with Crippen molar-refractivity contribution >= 4 is 39.0 Å². The lowest BCUT2D eigenvalue weighted by Gasteiger charge is -2.34. The van der Waals surface area contributed by atoms with Gasteiger partial charge in [0, 0.05) is 37.3 Å². The van der Waals surface area contributed by atoms with Gasteiger partial charge in [0.25, 0.3) is 10.0 Å². The summed E-state index contributed by atoms with van der Waals surface area (Å²) in [5.41, 5.74) is 3.81. The fourth-order valence-electron chi connectivity index (χ4n) is 5.88. The molecule has 1 heterocycles. The van der Waals surface area contributed by atoms with E-state index in [2.05, 4.69) is 26.8 Å². The van der Waals surface area contributed by atoms with Crippen molar-refractivity contribution in [1.82, 2.24) is 9.80 Å². The number of ether oxygens (including phenoxy) is 2. The molecule has 0 spiro atoms. The minimum atomic E-state index is -3.82. The Bertz CT molecular complexity index is 1560. The fraction of sp³-hybridized carbons (Fsp3) is 0.515. The minimum Gasteiger partial charge on any atom is -0.492 e. The molecule has 2 aliphatic carbocycles. The highest BCUT2D eigenvalue weighted by molar-refractivity contribution is 7.95. The molecule has 2 fully saturated rings. The molecule has 1 saturated carbocycles. The van der Waals surface area contributed by atoms with Crippen molar-refractivity contribution in [2.24, 2.45) is 5.92 Å². The summed E-state index contributed by atoms with van der Waals surface area (Å²) >= 11 is 0. The zero-order valence-corrected chi connectivity index (χ0v) is 27.5. The normalized spacial score (nSPS) is 17.1. The lowest BCUT2D eigenvalue weighted by atomic mass is 9.86. The number of anilines is 3. The molecule has 0 aromatic heterocycles. The molecule has 45 heavy (non-hydrogen) atoms. The quantitative estimate of drug-likeness (QED) is 0.300. The highest BCUT2D eigenvalue weighted by Gasteiger charge is 2.30. The van der Waals surface area contributed by atoms with Crippen LogP contribution < -0.4 is 24.8 Å². The number of nitrogens with zero attached hydrogens (tertiary/aromatic N) is 2. The first-order valence-corrected chi connectivity index (χ1v) is 17.1. The maximum absolute atomic E-state index is 13.3. The second kappa shape index (κ2) is 13.3. The number of carbonyl (C=O) groups is 2. The number of rotatable bonds is 12. The number of benzene rings is 2. The molecular formula is C33H45N5O6S. The van der Waals surface area contributed by atoms with E-state index in [-0.39, 0.29) is 22.8 Å². The largest absolute Gasteiger partial charge is 0.492 e. The average Bonchev–Trinajstić information content (AvgIpc) is 3.65. The summed E-state index contributed by atoms with van der Waals surface area (Å²) < 4.78 is 38.8. The molecular weight excluding hydrogens is 594 g/mol. The third-order valence-corrected chi connectivity index (χ3v) is 9.55. The van der Waals surface area contributed by atoms with E-state index in [1.165, 1.54) is 20.0 Å². The highest BCUT2D eigenvalue weighted by atomic mass is 32.2. The van der Waals surface area contributed by atoms with Gasteiger partial charge in [-0.15, -0.1) is 0 Å². The molecule has 0 unspecified atom stereocenters. The number of amides is 3. The number of piperazine rings is 1. The summed E-state index contributed by atoms with van der Waals surface area (Å²) in [4.78, 5) is 30.0. The average molecular weight is 640 g/mol. The van der Waals surface area contributed by atoms with Crippen LogP contribution in [0.5, 0.6) is 11.5 Å². The zero-order valence-electron chi connectivity index (χ0n) is 26.7. The first-order chi connectivity index (χ1) is 21.4. The van der Waals surface area contributed by atoms with Gasteiger partial charge < -0.3 is 25.0 Å². The number of methoxy groups -OCH3 is 1. The molecule has 11 nitrogen and oxygen atoms in total.